The molecule has 5 N–H and O–H groups in total. The number of hydrogen-bond acceptors (Lipinski definition) is 7. The summed E-state index contributed by atoms with van der Waals surface area (Å²) in [6, 6.07) is 0. The molecule has 0 radical (unpaired) electrons. The molecular formula is C13H28N2O6. The average Bonchev–Trinajstić information content (AvgIpc) is 2.46. The van der Waals surface area contributed by atoms with Gasteiger partial charge in [0.1, 0.15) is 0 Å². The Morgan fingerprint density at radius 2 is 1.00 bits per heavy atom. The molecule has 0 aromatic rings. The van der Waals surface area contributed by atoms with Crippen LogP contribution in [0.3, 0.4) is 0 Å². The summed E-state index contributed by atoms with van der Waals surface area (Å²) >= 11 is 0. The smallest absolute Gasteiger partial charge is 0.327 e. The van der Waals surface area contributed by atoms with E-state index in [-0.39, 0.29) is 26.4 Å². The van der Waals surface area contributed by atoms with Gasteiger partial charge in [-0.3, -0.25) is 9.80 Å². The van der Waals surface area contributed by atoms with Gasteiger partial charge in [0, 0.05) is 45.3 Å². The van der Waals surface area contributed by atoms with Crippen LogP contribution in [0.2, 0.25) is 0 Å². The first-order chi connectivity index (χ1) is 10.0. The fraction of sp³-hybridized carbons (Fsp3) is 0.769. The predicted octanol–water partition coefficient (Wildman–Crippen LogP) is -2.18. The maximum absolute atomic E-state index is 9.25. The number of rotatable bonds is 12. The molecule has 8 nitrogen and oxygen atoms in total. The Morgan fingerprint density at radius 3 is 1.14 bits per heavy atom. The highest BCUT2D eigenvalue weighted by Crippen LogP contribution is 1.92. The van der Waals surface area contributed by atoms with Gasteiger partial charge >= 0.3 is 5.97 Å². The van der Waals surface area contributed by atoms with Gasteiger partial charge < -0.3 is 25.5 Å². The third-order valence-electron chi connectivity index (χ3n) is 2.57. The van der Waals surface area contributed by atoms with E-state index in [1.165, 1.54) is 0 Å². The van der Waals surface area contributed by atoms with E-state index in [4.69, 9.17) is 25.5 Å². The van der Waals surface area contributed by atoms with Gasteiger partial charge in [0.25, 0.3) is 0 Å². The summed E-state index contributed by atoms with van der Waals surface area (Å²) < 4.78 is 0. The van der Waals surface area contributed by atoms with Crippen molar-refractivity contribution >= 4 is 5.97 Å². The van der Waals surface area contributed by atoms with E-state index in [0.717, 1.165) is 6.08 Å². The third kappa shape index (κ3) is 16.9. The van der Waals surface area contributed by atoms with Crippen molar-refractivity contribution in [1.82, 2.24) is 9.80 Å². The first kappa shape index (κ1) is 22.3. The van der Waals surface area contributed by atoms with Crippen molar-refractivity contribution in [3.05, 3.63) is 12.7 Å². The lowest BCUT2D eigenvalue weighted by Gasteiger charge is -2.25. The first-order valence-corrected chi connectivity index (χ1v) is 6.79. The summed E-state index contributed by atoms with van der Waals surface area (Å²) in [5, 5.41) is 42.9. The minimum atomic E-state index is -0.981. The van der Waals surface area contributed by atoms with E-state index in [1.54, 1.807) is 0 Å². The molecule has 0 fully saturated rings. The molecule has 0 aliphatic rings. The normalized spacial score (nSPS) is 10.4. The molecule has 0 aromatic carbocycles. The van der Waals surface area contributed by atoms with Gasteiger partial charge in [-0.2, -0.15) is 0 Å². The zero-order valence-corrected chi connectivity index (χ0v) is 12.4. The van der Waals surface area contributed by atoms with Gasteiger partial charge in [-0.15, -0.1) is 0 Å². The molecule has 0 bridgehead atoms. The largest absolute Gasteiger partial charge is 0.478 e. The van der Waals surface area contributed by atoms with Gasteiger partial charge in [-0.25, -0.2) is 4.79 Å². The molecule has 0 spiro atoms. The van der Waals surface area contributed by atoms with Crippen molar-refractivity contribution in [2.75, 3.05) is 65.7 Å². The van der Waals surface area contributed by atoms with Crippen LogP contribution in [-0.4, -0.2) is 107 Å². The Balaban J connectivity index is 0. The van der Waals surface area contributed by atoms with Crippen LogP contribution in [0.1, 0.15) is 0 Å². The quantitative estimate of drug-likeness (QED) is 0.258. The predicted molar refractivity (Wildman–Crippen MR) is 79.1 cm³/mol. The minimum absolute atomic E-state index is 0.0694. The van der Waals surface area contributed by atoms with Crippen molar-refractivity contribution in [2.24, 2.45) is 0 Å². The number of hydrogen-bond donors (Lipinski definition) is 5. The fourth-order valence-electron chi connectivity index (χ4n) is 1.52. The summed E-state index contributed by atoms with van der Waals surface area (Å²) in [6.07, 6.45) is 0.833. The van der Waals surface area contributed by atoms with Crippen LogP contribution in [-0.2, 0) is 4.79 Å². The number of carbonyl (C=O) groups is 1. The number of nitrogens with zero attached hydrogens (tertiary/aromatic N) is 2. The summed E-state index contributed by atoms with van der Waals surface area (Å²) in [6.45, 7) is 6.79. The van der Waals surface area contributed by atoms with E-state index in [2.05, 4.69) is 6.58 Å². The number of aliphatic carboxylic acids is 1. The zero-order valence-electron chi connectivity index (χ0n) is 12.4. The van der Waals surface area contributed by atoms with Gasteiger partial charge in [0.2, 0.25) is 0 Å². The maximum Gasteiger partial charge on any atom is 0.327 e. The van der Waals surface area contributed by atoms with Crippen molar-refractivity contribution in [3.63, 3.8) is 0 Å². The third-order valence-corrected chi connectivity index (χ3v) is 2.57. The summed E-state index contributed by atoms with van der Waals surface area (Å²) in [7, 11) is 0. The van der Waals surface area contributed by atoms with E-state index < -0.39 is 5.97 Å². The first-order valence-electron chi connectivity index (χ1n) is 6.79. The van der Waals surface area contributed by atoms with Gasteiger partial charge in [0.05, 0.1) is 26.4 Å². The highest BCUT2D eigenvalue weighted by Gasteiger charge is 2.07. The van der Waals surface area contributed by atoms with Crippen molar-refractivity contribution in [3.8, 4) is 0 Å². The van der Waals surface area contributed by atoms with Crippen LogP contribution in [0.15, 0.2) is 12.7 Å². The zero-order chi connectivity index (χ0) is 16.5. The standard InChI is InChI=1S/C10H24N2O4.C3H4O2/c13-7-3-11(4-8-14)1-2-12(5-9-15)6-10-16;1-2-3(4)5/h13-16H,1-10H2;2H,1H2,(H,4,5). The second kappa shape index (κ2) is 17.0. The molecule has 0 saturated heterocycles. The van der Waals surface area contributed by atoms with Crippen molar-refractivity contribution < 1.29 is 30.3 Å². The van der Waals surface area contributed by atoms with Crippen LogP contribution in [0.5, 0.6) is 0 Å². The van der Waals surface area contributed by atoms with Crippen molar-refractivity contribution in [1.29, 1.82) is 0 Å². The van der Waals surface area contributed by atoms with Crippen LogP contribution >= 0.6 is 0 Å². The fourth-order valence-corrected chi connectivity index (χ4v) is 1.52. The number of carboxylic acid groups (broad SMARTS) is 1. The number of aliphatic hydroxyl groups is 4. The molecule has 0 amide bonds. The maximum atomic E-state index is 9.25. The summed E-state index contributed by atoms with van der Waals surface area (Å²) in [4.78, 5) is 13.1. The lowest BCUT2D eigenvalue weighted by atomic mass is 10.4. The van der Waals surface area contributed by atoms with Crippen LogP contribution in [0.4, 0.5) is 0 Å². The van der Waals surface area contributed by atoms with Gasteiger partial charge in [-0.05, 0) is 0 Å². The van der Waals surface area contributed by atoms with Crippen LogP contribution < -0.4 is 0 Å². The molecular weight excluding hydrogens is 280 g/mol. The Morgan fingerprint density at radius 1 is 0.762 bits per heavy atom. The van der Waals surface area contributed by atoms with E-state index >= 15 is 0 Å². The lowest BCUT2D eigenvalue weighted by molar-refractivity contribution is -0.131. The second-order valence-electron chi connectivity index (χ2n) is 4.12. The molecule has 0 aromatic heterocycles. The Hall–Kier alpha value is -1.03. The Kier molecular flexibility index (Phi) is 18.0. The number of carboxylic acids is 1. The summed E-state index contributed by atoms with van der Waals surface area (Å²) in [5.74, 6) is -0.981. The Labute approximate surface area is 125 Å². The minimum Gasteiger partial charge on any atom is -0.478 e. The SMILES string of the molecule is C=CC(=O)O.OCCN(CCO)CCN(CCO)CCO. The highest BCUT2D eigenvalue weighted by molar-refractivity contribution is 5.78. The molecule has 0 atom stereocenters. The molecule has 0 unspecified atom stereocenters. The summed E-state index contributed by atoms with van der Waals surface area (Å²) in [5.41, 5.74) is 0. The topological polar surface area (TPSA) is 125 Å². The van der Waals surface area contributed by atoms with Crippen LogP contribution in [0, 0.1) is 0 Å². The van der Waals surface area contributed by atoms with Gasteiger partial charge in [0.15, 0.2) is 0 Å². The average molecular weight is 308 g/mol. The van der Waals surface area contributed by atoms with Gasteiger partial charge in [-0.1, -0.05) is 6.58 Å². The molecule has 8 heteroatoms. The van der Waals surface area contributed by atoms with E-state index in [0.29, 0.717) is 39.3 Å². The molecule has 126 valence electrons. The monoisotopic (exact) mass is 308 g/mol. The molecule has 21 heavy (non-hydrogen) atoms. The lowest BCUT2D eigenvalue weighted by Crippen LogP contribution is -2.40. The Bertz CT molecular complexity index is 225. The second-order valence-corrected chi connectivity index (χ2v) is 4.12. The molecule has 0 saturated carbocycles. The molecule has 0 heterocycles. The molecule has 0 rings (SSSR count). The molecule has 0 aliphatic carbocycles. The highest BCUT2D eigenvalue weighted by atomic mass is 16.4. The van der Waals surface area contributed by atoms with E-state index in [9.17, 15) is 4.79 Å². The van der Waals surface area contributed by atoms with Crippen LogP contribution in [0.25, 0.3) is 0 Å². The molecule has 0 aliphatic heterocycles. The van der Waals surface area contributed by atoms with Crippen molar-refractivity contribution in [2.45, 2.75) is 0 Å². The number of aliphatic hydroxyl groups excluding tert-OH is 4. The van der Waals surface area contributed by atoms with E-state index in [1.807, 2.05) is 9.80 Å².